The molecule has 3 aromatic rings. The highest BCUT2D eigenvalue weighted by Crippen LogP contribution is 2.47. The zero-order valence-corrected chi connectivity index (χ0v) is 25.3. The molecule has 4 rings (SSSR count). The van der Waals surface area contributed by atoms with E-state index in [1.165, 1.54) is 0 Å². The first kappa shape index (κ1) is 32.1. The molecule has 1 atom stereocenters. The van der Waals surface area contributed by atoms with Gasteiger partial charge in [0.05, 0.1) is 18.8 Å². The number of esters is 3. The van der Waals surface area contributed by atoms with E-state index in [4.69, 9.17) is 23.7 Å². The average Bonchev–Trinajstić information content (AvgIpc) is 3.30. The molecule has 1 aliphatic carbocycles. The predicted octanol–water partition coefficient (Wildman–Crippen LogP) is 7.20. The Morgan fingerprint density at radius 1 is 0.727 bits per heavy atom. The standard InChI is InChI=1S/C36H38O8/c1-5-34(37)42-21-20-41-28-14-16-30-31-17-15-29(23-33(31)25(4)32(30)22-28)44-36(39)26-10-12-27(13-11-26)40-18-8-6-7-9-19-43-35(38)24(2)3/h5,10-17,22-23,25H,1-2,6-9,18-21H2,3-4H3. The summed E-state index contributed by atoms with van der Waals surface area (Å²) in [5, 5.41) is 0. The Bertz CT molecular complexity index is 1510. The normalized spacial score (nSPS) is 12.8. The molecule has 0 spiro atoms. The first-order chi connectivity index (χ1) is 21.3. The maximum Gasteiger partial charge on any atom is 0.343 e. The minimum absolute atomic E-state index is 0.0799. The van der Waals surface area contributed by atoms with Crippen molar-refractivity contribution in [3.8, 4) is 28.4 Å². The molecule has 0 aliphatic heterocycles. The van der Waals surface area contributed by atoms with Gasteiger partial charge in [0.1, 0.15) is 30.5 Å². The number of hydrogen-bond acceptors (Lipinski definition) is 8. The molecule has 8 heteroatoms. The number of carbonyl (C=O) groups excluding carboxylic acids is 3. The summed E-state index contributed by atoms with van der Waals surface area (Å²) >= 11 is 0. The van der Waals surface area contributed by atoms with Crippen LogP contribution in [0.15, 0.2) is 85.5 Å². The Hall–Kier alpha value is -4.85. The number of benzene rings is 3. The number of carbonyl (C=O) groups is 3. The van der Waals surface area contributed by atoms with Crippen LogP contribution in [0.3, 0.4) is 0 Å². The molecule has 0 N–H and O–H groups in total. The van der Waals surface area contributed by atoms with Gasteiger partial charge in [-0.15, -0.1) is 0 Å². The maximum absolute atomic E-state index is 12.9. The van der Waals surface area contributed by atoms with Gasteiger partial charge in [-0.25, -0.2) is 14.4 Å². The smallest absolute Gasteiger partial charge is 0.343 e. The van der Waals surface area contributed by atoms with Gasteiger partial charge in [-0.3, -0.25) is 0 Å². The second kappa shape index (κ2) is 15.6. The van der Waals surface area contributed by atoms with Crippen LogP contribution < -0.4 is 14.2 Å². The van der Waals surface area contributed by atoms with Gasteiger partial charge < -0.3 is 23.7 Å². The summed E-state index contributed by atoms with van der Waals surface area (Å²) in [7, 11) is 0. The van der Waals surface area contributed by atoms with E-state index >= 15 is 0 Å². The molecule has 0 saturated heterocycles. The number of ether oxygens (including phenoxy) is 5. The van der Waals surface area contributed by atoms with Gasteiger partial charge in [0.2, 0.25) is 0 Å². The first-order valence-electron chi connectivity index (χ1n) is 14.7. The average molecular weight is 599 g/mol. The van der Waals surface area contributed by atoms with Crippen LogP contribution >= 0.6 is 0 Å². The van der Waals surface area contributed by atoms with E-state index in [2.05, 4.69) is 20.1 Å². The Morgan fingerprint density at radius 2 is 1.32 bits per heavy atom. The molecule has 0 amide bonds. The van der Waals surface area contributed by atoms with Gasteiger partial charge in [-0.05, 0) is 103 Å². The fraction of sp³-hybridized carbons (Fsp3) is 0.306. The highest BCUT2D eigenvalue weighted by molar-refractivity contribution is 5.91. The van der Waals surface area contributed by atoms with E-state index in [0.717, 1.165) is 54.0 Å². The van der Waals surface area contributed by atoms with Crippen LogP contribution in [0.1, 0.15) is 66.9 Å². The lowest BCUT2D eigenvalue weighted by Gasteiger charge is -2.11. The molecule has 0 saturated carbocycles. The van der Waals surface area contributed by atoms with Crippen LogP contribution in [0.2, 0.25) is 0 Å². The summed E-state index contributed by atoms with van der Waals surface area (Å²) in [6.07, 6.45) is 4.70. The first-order valence-corrected chi connectivity index (χ1v) is 14.7. The van der Waals surface area contributed by atoms with Crippen LogP contribution in [-0.2, 0) is 19.1 Å². The quantitative estimate of drug-likeness (QED) is 0.0739. The second-order valence-electron chi connectivity index (χ2n) is 10.5. The van der Waals surface area contributed by atoms with Gasteiger partial charge in [0.15, 0.2) is 0 Å². The fourth-order valence-electron chi connectivity index (χ4n) is 4.86. The van der Waals surface area contributed by atoms with E-state index in [1.807, 2.05) is 30.3 Å². The molecule has 0 radical (unpaired) electrons. The van der Waals surface area contributed by atoms with Crippen LogP contribution in [-0.4, -0.2) is 44.3 Å². The highest BCUT2D eigenvalue weighted by atomic mass is 16.6. The molecule has 1 aliphatic rings. The van der Waals surface area contributed by atoms with E-state index in [-0.39, 0.29) is 25.1 Å². The number of unbranched alkanes of at least 4 members (excludes halogenated alkanes) is 3. The van der Waals surface area contributed by atoms with Crippen molar-refractivity contribution in [1.29, 1.82) is 0 Å². The van der Waals surface area contributed by atoms with Gasteiger partial charge >= 0.3 is 17.9 Å². The third-order valence-electron chi connectivity index (χ3n) is 7.22. The molecular formula is C36H38O8. The summed E-state index contributed by atoms with van der Waals surface area (Å²) in [4.78, 5) is 35.4. The lowest BCUT2D eigenvalue weighted by molar-refractivity contribution is -0.139. The van der Waals surface area contributed by atoms with Crippen LogP contribution in [0.5, 0.6) is 17.2 Å². The Balaban J connectivity index is 1.23. The zero-order chi connectivity index (χ0) is 31.5. The molecule has 0 bridgehead atoms. The molecule has 0 fully saturated rings. The highest BCUT2D eigenvalue weighted by Gasteiger charge is 2.27. The summed E-state index contributed by atoms with van der Waals surface area (Å²) in [6.45, 7) is 12.0. The van der Waals surface area contributed by atoms with E-state index < -0.39 is 11.9 Å². The Morgan fingerprint density at radius 3 is 1.98 bits per heavy atom. The SMILES string of the molecule is C=CC(=O)OCCOc1ccc2c(c1)C(C)c1cc(OC(=O)c3ccc(OCCCCCCOC(=O)C(=C)C)cc3)ccc1-2. The van der Waals surface area contributed by atoms with E-state index in [1.54, 1.807) is 37.3 Å². The van der Waals surface area contributed by atoms with Crippen molar-refractivity contribution >= 4 is 17.9 Å². The molecule has 8 nitrogen and oxygen atoms in total. The molecule has 3 aromatic carbocycles. The summed E-state index contributed by atoms with van der Waals surface area (Å²) in [6, 6.07) is 18.5. The number of hydrogen-bond donors (Lipinski definition) is 0. The maximum atomic E-state index is 12.9. The second-order valence-corrected chi connectivity index (χ2v) is 10.5. The van der Waals surface area contributed by atoms with E-state index in [9.17, 15) is 14.4 Å². The molecule has 0 heterocycles. The fourth-order valence-corrected chi connectivity index (χ4v) is 4.86. The molecule has 0 aromatic heterocycles. The van der Waals surface area contributed by atoms with Crippen molar-refractivity contribution in [3.63, 3.8) is 0 Å². The summed E-state index contributed by atoms with van der Waals surface area (Å²) in [5.41, 5.74) is 5.22. The van der Waals surface area contributed by atoms with Crippen LogP contribution in [0.25, 0.3) is 11.1 Å². The van der Waals surface area contributed by atoms with Crippen molar-refractivity contribution in [2.75, 3.05) is 26.4 Å². The van der Waals surface area contributed by atoms with Crippen LogP contribution in [0, 0.1) is 0 Å². The van der Waals surface area contributed by atoms with E-state index in [0.29, 0.717) is 41.6 Å². The number of rotatable bonds is 16. The van der Waals surface area contributed by atoms with Gasteiger partial charge in [-0.2, -0.15) is 0 Å². The van der Waals surface area contributed by atoms with Crippen molar-refractivity contribution in [2.24, 2.45) is 0 Å². The minimum atomic E-state index is -0.481. The van der Waals surface area contributed by atoms with Crippen molar-refractivity contribution in [1.82, 2.24) is 0 Å². The number of fused-ring (bicyclic) bond motifs is 3. The van der Waals surface area contributed by atoms with Gasteiger partial charge in [0, 0.05) is 17.6 Å². The molecule has 1 unspecified atom stereocenters. The predicted molar refractivity (Wildman–Crippen MR) is 167 cm³/mol. The molecule has 44 heavy (non-hydrogen) atoms. The lowest BCUT2D eigenvalue weighted by atomic mass is 9.99. The summed E-state index contributed by atoms with van der Waals surface area (Å²) in [5.74, 6) is 0.655. The van der Waals surface area contributed by atoms with Gasteiger partial charge in [-0.1, -0.05) is 32.2 Å². The largest absolute Gasteiger partial charge is 0.494 e. The van der Waals surface area contributed by atoms with Crippen molar-refractivity contribution < 1.29 is 38.1 Å². The Labute approximate surface area is 258 Å². The monoisotopic (exact) mass is 598 g/mol. The van der Waals surface area contributed by atoms with Crippen molar-refractivity contribution in [3.05, 3.63) is 102 Å². The zero-order valence-electron chi connectivity index (χ0n) is 25.3. The molecular weight excluding hydrogens is 560 g/mol. The van der Waals surface area contributed by atoms with Crippen molar-refractivity contribution in [2.45, 2.75) is 45.4 Å². The minimum Gasteiger partial charge on any atom is -0.494 e. The lowest BCUT2D eigenvalue weighted by Crippen LogP contribution is -2.10. The summed E-state index contributed by atoms with van der Waals surface area (Å²) < 4.78 is 27.3. The third kappa shape index (κ3) is 8.60. The third-order valence-corrected chi connectivity index (χ3v) is 7.22. The molecule has 230 valence electrons. The van der Waals surface area contributed by atoms with Gasteiger partial charge in [0.25, 0.3) is 0 Å². The topological polar surface area (TPSA) is 97.4 Å². The Kier molecular flexibility index (Phi) is 11.3. The van der Waals surface area contributed by atoms with Crippen LogP contribution in [0.4, 0.5) is 0 Å².